The van der Waals surface area contributed by atoms with Crippen molar-refractivity contribution in [3.05, 3.63) is 70.5 Å². The van der Waals surface area contributed by atoms with Crippen LogP contribution in [0.3, 0.4) is 0 Å². The molecule has 1 saturated heterocycles. The Bertz CT molecular complexity index is 1480. The Hall–Kier alpha value is -4.15. The number of nitrogen functional groups attached to an aromatic ring is 1. The molecule has 0 aliphatic carbocycles. The van der Waals surface area contributed by atoms with Crippen molar-refractivity contribution >= 4 is 75.5 Å². The largest absolute Gasteiger partial charge is 0.426 e. The maximum Gasteiger partial charge on any atom is 0.358 e. The summed E-state index contributed by atoms with van der Waals surface area (Å²) >= 11 is 3.93. The molecular weight excluding hydrogens is 617 g/mol. The van der Waals surface area contributed by atoms with Gasteiger partial charge in [-0.3, -0.25) is 24.3 Å². The average molecular weight is 645 g/mol. The van der Waals surface area contributed by atoms with Gasteiger partial charge in [-0.05, 0) is 28.7 Å². The van der Waals surface area contributed by atoms with E-state index < -0.39 is 41.5 Å². The van der Waals surface area contributed by atoms with Crippen molar-refractivity contribution in [1.82, 2.24) is 20.2 Å². The third kappa shape index (κ3) is 8.03. The fourth-order valence-corrected chi connectivity index (χ4v) is 6.77. The number of carbonyl (C=O) groups is 4. The van der Waals surface area contributed by atoms with Crippen molar-refractivity contribution in [1.29, 1.82) is 0 Å². The van der Waals surface area contributed by atoms with Crippen LogP contribution in [0.1, 0.15) is 25.1 Å². The summed E-state index contributed by atoms with van der Waals surface area (Å²) in [5.74, 6) is -1.90. The maximum atomic E-state index is 13.4. The summed E-state index contributed by atoms with van der Waals surface area (Å²) in [6.45, 7) is 6.19. The molecule has 2 aliphatic rings. The van der Waals surface area contributed by atoms with Crippen LogP contribution in [0.2, 0.25) is 0 Å². The lowest BCUT2D eigenvalue weighted by Crippen LogP contribution is -2.71. The first-order valence-electron chi connectivity index (χ1n) is 12.8. The number of β-lactam (4-membered cyclic amide) rings is 1. The number of ether oxygens (including phenoxy) is 2. The number of esters is 2. The smallest absolute Gasteiger partial charge is 0.358 e. The molecule has 0 aromatic carbocycles. The number of aromatic nitrogens is 2. The Kier molecular flexibility index (Phi) is 11.0. The Morgan fingerprint density at radius 1 is 1.37 bits per heavy atom. The van der Waals surface area contributed by atoms with Crippen LogP contribution in [-0.4, -0.2) is 80.2 Å². The number of amides is 2. The second-order valence-corrected chi connectivity index (χ2v) is 11.8. The van der Waals surface area contributed by atoms with Gasteiger partial charge in [-0.25, -0.2) is 9.78 Å². The van der Waals surface area contributed by atoms with E-state index in [1.165, 1.54) is 48.3 Å². The molecule has 3 N–H and O–H groups in total. The van der Waals surface area contributed by atoms with E-state index >= 15 is 0 Å². The van der Waals surface area contributed by atoms with E-state index in [1.54, 1.807) is 17.8 Å². The summed E-state index contributed by atoms with van der Waals surface area (Å²) in [6, 6.07) is 2.76. The number of carbonyl (C=O) groups excluding carboxylic acids is 4. The SMILES string of the molecule is C=CCO/N=C(/C(=O)NC1C(=O)N2C(C(=O)OC(C)OC(C)=O)=C(CS/C=C\c3cccnc3)CS[C@H]12)c1csc(N)n1. The standard InChI is InChI=1S/C27H28N6O7S3/c1-4-9-38-32-20(19-14-43-27(28)30-19)23(35)31-21-24(36)33-22(26(37)40-16(3)39-15(2)34)18(13-42-25(21)33)12-41-10-7-17-6-5-8-29-11-17/h4-8,10-11,14,16,21,25H,1,9,12-13H2,2-3H3,(H2,28,30)(H,31,35)/b10-7-,32-20+/t16?,21?,25-/m1/s1. The number of pyridine rings is 1. The first-order valence-corrected chi connectivity index (χ1v) is 15.7. The molecule has 4 heterocycles. The van der Waals surface area contributed by atoms with Gasteiger partial charge in [0.1, 0.15) is 29.4 Å². The fourth-order valence-electron chi connectivity index (χ4n) is 3.96. The summed E-state index contributed by atoms with van der Waals surface area (Å²) in [7, 11) is 0. The minimum absolute atomic E-state index is 0.0469. The van der Waals surface area contributed by atoms with Gasteiger partial charge in [0.25, 0.3) is 11.8 Å². The number of nitrogens with one attached hydrogen (secondary N) is 1. The van der Waals surface area contributed by atoms with E-state index in [1.807, 2.05) is 23.6 Å². The van der Waals surface area contributed by atoms with Gasteiger partial charge < -0.3 is 25.4 Å². The Morgan fingerprint density at radius 2 is 2.19 bits per heavy atom. The van der Waals surface area contributed by atoms with Gasteiger partial charge >= 0.3 is 11.9 Å². The van der Waals surface area contributed by atoms with E-state index in [0.717, 1.165) is 16.9 Å². The maximum absolute atomic E-state index is 13.4. The van der Waals surface area contributed by atoms with Crippen LogP contribution in [0.4, 0.5) is 5.13 Å². The molecule has 3 atom stereocenters. The van der Waals surface area contributed by atoms with Crippen molar-refractivity contribution in [2.75, 3.05) is 23.8 Å². The number of fused-ring (bicyclic) bond motifs is 1. The number of thiazole rings is 1. The third-order valence-corrected chi connectivity index (χ3v) is 8.62. The molecular formula is C27H28N6O7S3. The molecule has 226 valence electrons. The Morgan fingerprint density at radius 3 is 2.86 bits per heavy atom. The normalized spacial score (nSPS) is 18.9. The van der Waals surface area contributed by atoms with Crippen LogP contribution in [0.15, 0.2) is 64.4 Å². The number of hydrogen-bond donors (Lipinski definition) is 2. The first kappa shape index (κ1) is 31.8. The molecule has 43 heavy (non-hydrogen) atoms. The predicted molar refractivity (Wildman–Crippen MR) is 164 cm³/mol. The lowest BCUT2D eigenvalue weighted by Gasteiger charge is -2.49. The average Bonchev–Trinajstić information content (AvgIpc) is 3.41. The molecule has 0 saturated carbocycles. The van der Waals surface area contributed by atoms with Crippen LogP contribution < -0.4 is 11.1 Å². The number of nitrogens with two attached hydrogens (primary N) is 1. The van der Waals surface area contributed by atoms with Crippen LogP contribution in [0.5, 0.6) is 0 Å². The van der Waals surface area contributed by atoms with Crippen LogP contribution in [-0.2, 0) is 33.5 Å². The van der Waals surface area contributed by atoms with E-state index in [0.29, 0.717) is 17.1 Å². The zero-order valence-electron chi connectivity index (χ0n) is 23.1. The topological polar surface area (TPSA) is 175 Å². The van der Waals surface area contributed by atoms with Gasteiger partial charge in [-0.1, -0.05) is 23.9 Å². The van der Waals surface area contributed by atoms with E-state index in [9.17, 15) is 19.2 Å². The van der Waals surface area contributed by atoms with Gasteiger partial charge in [0.05, 0.1) is 0 Å². The lowest BCUT2D eigenvalue weighted by molar-refractivity contribution is -0.182. The number of anilines is 1. The third-order valence-electron chi connectivity index (χ3n) is 5.76. The van der Waals surface area contributed by atoms with Crippen molar-refractivity contribution in [3.8, 4) is 0 Å². The molecule has 16 heteroatoms. The second-order valence-electron chi connectivity index (χ2n) is 8.89. The van der Waals surface area contributed by atoms with Gasteiger partial charge in [0.15, 0.2) is 10.8 Å². The fraction of sp³-hybridized carbons (Fsp3) is 0.296. The van der Waals surface area contributed by atoms with Crippen molar-refractivity contribution in [2.45, 2.75) is 31.6 Å². The van der Waals surface area contributed by atoms with Crippen molar-refractivity contribution in [3.63, 3.8) is 0 Å². The van der Waals surface area contributed by atoms with E-state index in [2.05, 4.69) is 27.0 Å². The molecule has 0 radical (unpaired) electrons. The molecule has 0 bridgehead atoms. The summed E-state index contributed by atoms with van der Waals surface area (Å²) in [6.07, 6.45) is 5.57. The highest BCUT2D eigenvalue weighted by atomic mass is 32.2. The Labute approximate surface area is 259 Å². The number of nitrogens with zero attached hydrogens (tertiary/aromatic N) is 4. The van der Waals surface area contributed by atoms with Gasteiger partial charge in [-0.15, -0.1) is 34.9 Å². The first-order chi connectivity index (χ1) is 20.7. The summed E-state index contributed by atoms with van der Waals surface area (Å²) in [5, 5.41) is 9.59. The van der Waals surface area contributed by atoms with E-state index in [-0.39, 0.29) is 28.8 Å². The molecule has 2 aromatic heterocycles. The van der Waals surface area contributed by atoms with Gasteiger partial charge in [-0.2, -0.15) is 0 Å². The molecule has 2 aliphatic heterocycles. The lowest BCUT2D eigenvalue weighted by atomic mass is 10.0. The van der Waals surface area contributed by atoms with Crippen molar-refractivity contribution < 1.29 is 33.5 Å². The van der Waals surface area contributed by atoms with Crippen LogP contribution >= 0.6 is 34.9 Å². The quantitative estimate of drug-likeness (QED) is 0.0621. The number of thioether (sulfide) groups is 2. The molecule has 4 rings (SSSR count). The Balaban J connectivity index is 1.52. The van der Waals surface area contributed by atoms with E-state index in [4.69, 9.17) is 20.0 Å². The van der Waals surface area contributed by atoms with Crippen LogP contribution in [0.25, 0.3) is 6.08 Å². The minimum atomic E-state index is -1.17. The van der Waals surface area contributed by atoms with Gasteiger partial charge in [0.2, 0.25) is 6.29 Å². The zero-order chi connectivity index (χ0) is 30.9. The highest BCUT2D eigenvalue weighted by Crippen LogP contribution is 2.41. The second kappa shape index (κ2) is 14.8. The summed E-state index contributed by atoms with van der Waals surface area (Å²) in [5.41, 5.74) is 7.36. The molecule has 2 amide bonds. The highest BCUT2D eigenvalue weighted by molar-refractivity contribution is 8.02. The van der Waals surface area contributed by atoms with Crippen LogP contribution in [0, 0.1) is 0 Å². The predicted octanol–water partition coefficient (Wildman–Crippen LogP) is 2.54. The molecule has 1 fully saturated rings. The zero-order valence-corrected chi connectivity index (χ0v) is 25.6. The number of rotatable bonds is 13. The minimum Gasteiger partial charge on any atom is -0.426 e. The van der Waals surface area contributed by atoms with Crippen molar-refractivity contribution in [2.24, 2.45) is 5.16 Å². The summed E-state index contributed by atoms with van der Waals surface area (Å²) in [4.78, 5) is 65.9. The molecule has 2 aromatic rings. The molecule has 13 nitrogen and oxygen atoms in total. The molecule has 2 unspecified atom stereocenters. The number of oxime groups is 1. The summed E-state index contributed by atoms with van der Waals surface area (Å²) < 4.78 is 10.3. The van der Waals surface area contributed by atoms with Gasteiger partial charge in [0, 0.05) is 43.1 Å². The highest BCUT2D eigenvalue weighted by Gasteiger charge is 2.54. The monoisotopic (exact) mass is 644 g/mol. The molecule has 0 spiro atoms. The number of hydrogen-bond acceptors (Lipinski definition) is 14.